The van der Waals surface area contributed by atoms with Crippen molar-refractivity contribution < 1.29 is 4.74 Å². The molecule has 15 aromatic rings. The smallest absolute Gasteiger partial charge is 0.136 e. The molecule has 654 valence electrons. The van der Waals surface area contributed by atoms with Crippen molar-refractivity contribution in [1.29, 1.82) is 0 Å². The molecule has 31 rings (SSSR count). The molecule has 10 atom stereocenters. The van der Waals surface area contributed by atoms with Crippen molar-refractivity contribution in [2.45, 2.75) is 272 Å². The first-order valence-corrected chi connectivity index (χ1v) is 49.6. The van der Waals surface area contributed by atoms with Gasteiger partial charge in [-0.3, -0.25) is 34.0 Å². The number of imidazole rings is 7. The van der Waals surface area contributed by atoms with E-state index >= 15 is 0 Å². The minimum Gasteiger partial charge on any atom is -0.379 e. The average Bonchev–Trinajstić information content (AvgIpc) is 1.60. The number of para-hydroxylation sites is 2. The first-order chi connectivity index (χ1) is 63.1. The van der Waals surface area contributed by atoms with Crippen LogP contribution in [0, 0.1) is 13.8 Å². The molecule has 11 fully saturated rings. The highest BCUT2D eigenvalue weighted by atomic mass is 16.5. The third-order valence-corrected chi connectivity index (χ3v) is 34.2. The summed E-state index contributed by atoms with van der Waals surface area (Å²) < 4.78 is 22.3. The summed E-state index contributed by atoms with van der Waals surface area (Å²) in [6, 6.07) is 63.2. The Balaban J connectivity index is 0.0000000831. The molecule has 128 heavy (non-hydrogen) atoms. The number of morpholine rings is 1. The van der Waals surface area contributed by atoms with Crippen molar-refractivity contribution >= 4 is 71.8 Å². The normalized spacial score (nSPS) is 26.7. The fourth-order valence-corrected chi connectivity index (χ4v) is 26.5. The van der Waals surface area contributed by atoms with Crippen molar-refractivity contribution in [3.63, 3.8) is 0 Å². The summed E-state index contributed by atoms with van der Waals surface area (Å²) in [7, 11) is 0. The second-order valence-corrected chi connectivity index (χ2v) is 41.6. The maximum absolute atomic E-state index is 5.47. The van der Waals surface area contributed by atoms with Crippen molar-refractivity contribution in [2.75, 3.05) is 59.0 Å². The molecule has 0 spiro atoms. The number of rotatable bonds is 10. The maximum atomic E-state index is 5.47. The summed E-state index contributed by atoms with van der Waals surface area (Å²) >= 11 is 0. The van der Waals surface area contributed by atoms with Crippen molar-refractivity contribution in [1.82, 2.24) is 96.1 Å². The van der Waals surface area contributed by atoms with E-state index in [1.807, 2.05) is 24.8 Å². The van der Waals surface area contributed by atoms with Crippen LogP contribution in [-0.2, 0) is 44.0 Å². The number of aryl methyl sites for hydroxylation is 2. The van der Waals surface area contributed by atoms with Gasteiger partial charge in [0.25, 0.3) is 0 Å². The van der Waals surface area contributed by atoms with E-state index in [1.54, 1.807) is 0 Å². The van der Waals surface area contributed by atoms with Gasteiger partial charge in [-0.2, -0.15) is 0 Å². The Morgan fingerprint density at radius 2 is 0.719 bits per heavy atom. The number of hydrogen-bond donors (Lipinski definition) is 0. The van der Waals surface area contributed by atoms with E-state index < -0.39 is 0 Å². The van der Waals surface area contributed by atoms with E-state index in [0.29, 0.717) is 41.7 Å². The molecule has 6 saturated heterocycles. The highest BCUT2D eigenvalue weighted by Crippen LogP contribution is 2.50. The standard InChI is InChI=1S/2C23H23N5.C23H25N3.C21H28N4O.C17H21N3/c1-2-7-21-19(6-1)24-14-28(21)17-8-9-22-20(11-17)25-23-15-10-18(13-27(22)23)26(12-15)16-4-3-5-16;1-2-18(3-1)27-13-17-10-19(27)14-28-21-6-4-15(11-20(21)25-23(17)28)16-5-7-22-24-8-9-26(22)12-16;1-15-5-7-16(8-6-15)17-9-10-22-21(12-17)24-23-18-11-20(14-26(22)23)25(13-18)19-3-2-4-19;1-2-17(3-1)24-13-16-11-18(24)14-25-20-5-4-15(10-19(20)22-21(16)25)12-23-6-8-26-9-7-23;1-11-5-6-16-15(7-11)18-17-12-8-14(10-20(16)17)19(9-12)13-3-2-4-13/h1-2,6-9,11,14-16,18H,3-5,10,12-13H2;4-9,11-12,17-19H,1-3,10,13-14H2;5-10,12,18-20H,2-4,11,13-14H2,1H3;4-5,10,16-18H,1-3,6-9,11-14H2;5-7,12-14H,2-4,8-10H2,1H3. The van der Waals surface area contributed by atoms with Gasteiger partial charge in [0.1, 0.15) is 41.1 Å². The zero-order chi connectivity index (χ0) is 84.1. The van der Waals surface area contributed by atoms with Crippen LogP contribution in [0.1, 0.15) is 204 Å². The number of benzene rings is 7. The summed E-state index contributed by atoms with van der Waals surface area (Å²) in [6.45, 7) is 20.9. The number of fused-ring (bicyclic) bond motifs is 32. The topological polar surface area (TPSA) is 153 Å². The minimum atomic E-state index is 0.601. The lowest BCUT2D eigenvalue weighted by molar-refractivity contribution is 0.0342. The molecule has 0 amide bonds. The van der Waals surface area contributed by atoms with Gasteiger partial charge < -0.3 is 32.0 Å². The molecule has 0 N–H and O–H groups in total. The van der Waals surface area contributed by atoms with Gasteiger partial charge in [-0.15, -0.1) is 0 Å². The Morgan fingerprint density at radius 3 is 1.18 bits per heavy atom. The summed E-state index contributed by atoms with van der Waals surface area (Å²) in [5.74, 6) is 9.80. The third kappa shape index (κ3) is 13.4. The summed E-state index contributed by atoms with van der Waals surface area (Å²) in [4.78, 5) is 50.8. The lowest BCUT2D eigenvalue weighted by Crippen LogP contribution is -2.44. The number of ether oxygens (including phenoxy) is 1. The van der Waals surface area contributed by atoms with E-state index in [4.69, 9.17) is 29.7 Å². The van der Waals surface area contributed by atoms with Gasteiger partial charge in [-0.25, -0.2) is 34.9 Å². The molecule has 5 saturated carbocycles. The number of nitrogens with zero attached hydrogens (tertiary/aromatic N) is 20. The molecule has 16 aliphatic rings. The molecule has 19 heterocycles. The van der Waals surface area contributed by atoms with Gasteiger partial charge in [0, 0.05) is 199 Å². The lowest BCUT2D eigenvalue weighted by atomic mass is 9.91. The summed E-state index contributed by atoms with van der Waals surface area (Å²) in [5, 5.41) is 0. The average molecular weight is 1700 g/mol. The van der Waals surface area contributed by atoms with Gasteiger partial charge in [0.2, 0.25) is 0 Å². The Hall–Kier alpha value is -10.2. The second-order valence-electron chi connectivity index (χ2n) is 41.6. The van der Waals surface area contributed by atoms with Gasteiger partial charge in [-0.05, 0) is 235 Å². The Kier molecular flexibility index (Phi) is 19.0. The van der Waals surface area contributed by atoms with Crippen molar-refractivity contribution in [3.8, 4) is 27.9 Å². The third-order valence-electron chi connectivity index (χ3n) is 34.2. The van der Waals surface area contributed by atoms with Gasteiger partial charge in [-0.1, -0.05) is 98.3 Å². The highest BCUT2D eigenvalue weighted by molar-refractivity contribution is 5.86. The number of likely N-dealkylation sites (tertiary alicyclic amines) is 5. The molecule has 5 aliphatic carbocycles. The molecule has 21 heteroatoms. The first-order valence-electron chi connectivity index (χ1n) is 49.6. The van der Waals surface area contributed by atoms with Crippen LogP contribution in [0.5, 0.6) is 0 Å². The lowest BCUT2D eigenvalue weighted by Gasteiger charge is -2.38. The van der Waals surface area contributed by atoms with Gasteiger partial charge in [0.05, 0.1) is 79.4 Å². The fourth-order valence-electron chi connectivity index (χ4n) is 26.5. The predicted molar refractivity (Wildman–Crippen MR) is 506 cm³/mol. The molecule has 21 nitrogen and oxygen atoms in total. The SMILES string of the molecule is Cc1ccc(-c2ccc3c(c2)nc2n3CC3CC2CN3C2CCC2)cc1.Cc1ccc2c(c1)nc1n2CC2CC1CN2C1CCC1.c1cc2c(cc1CN1CCOCC1)nc1n2CC2CC1CN2C1CCC1.c1ccc2c(c1)ncn2-c1ccc2c(c1)nc1n2CC2CC1CN2C1CCC1.c1cn2cc(-c3ccc4c(c3)nc3n4CC4CC3CN4C3CCC3)ccc2n1. The molecular formula is C107H120N20O. The summed E-state index contributed by atoms with van der Waals surface area (Å²) in [6.07, 6.45) is 35.7. The van der Waals surface area contributed by atoms with E-state index in [9.17, 15) is 0 Å². The van der Waals surface area contributed by atoms with Crippen LogP contribution in [0.25, 0.3) is 99.8 Å². The first kappa shape index (κ1) is 77.7. The number of pyridine rings is 1. The molecule has 11 aliphatic heterocycles. The maximum Gasteiger partial charge on any atom is 0.136 e. The van der Waals surface area contributed by atoms with E-state index in [1.165, 1.54) is 273 Å². The zero-order valence-electron chi connectivity index (χ0n) is 74.5. The molecule has 0 radical (unpaired) electrons. The van der Waals surface area contributed by atoms with Crippen LogP contribution in [0.4, 0.5) is 0 Å². The van der Waals surface area contributed by atoms with E-state index in [-0.39, 0.29) is 0 Å². The number of aromatic nitrogens is 14. The van der Waals surface area contributed by atoms with Crippen molar-refractivity contribution in [2.24, 2.45) is 0 Å². The monoisotopic (exact) mass is 1700 g/mol. The van der Waals surface area contributed by atoms with Crippen LogP contribution in [-0.4, -0.2) is 216 Å². The fraction of sp³-hybridized carbons (Fsp3) is 0.486. The zero-order valence-corrected chi connectivity index (χ0v) is 74.5. The van der Waals surface area contributed by atoms with Crippen LogP contribution in [0.15, 0.2) is 177 Å². The Bertz CT molecular complexity index is 6770. The van der Waals surface area contributed by atoms with Crippen molar-refractivity contribution in [3.05, 3.63) is 222 Å². The molecule has 10 unspecified atom stereocenters. The van der Waals surface area contributed by atoms with E-state index in [0.717, 1.165) is 147 Å². The minimum absolute atomic E-state index is 0.601. The van der Waals surface area contributed by atoms with E-state index in [2.05, 4.69) is 237 Å². The van der Waals surface area contributed by atoms with Crippen LogP contribution >= 0.6 is 0 Å². The Morgan fingerprint density at radius 1 is 0.328 bits per heavy atom. The molecule has 10 bridgehead atoms. The quantitative estimate of drug-likeness (QED) is 0.128. The van der Waals surface area contributed by atoms with Crippen LogP contribution in [0.2, 0.25) is 0 Å². The van der Waals surface area contributed by atoms with Crippen LogP contribution in [0.3, 0.4) is 0 Å². The predicted octanol–water partition coefficient (Wildman–Crippen LogP) is 18.6. The molecule has 7 aromatic carbocycles. The largest absolute Gasteiger partial charge is 0.379 e. The summed E-state index contributed by atoms with van der Waals surface area (Å²) in [5.41, 5.74) is 25.7. The molecular weight excluding hydrogens is 1580 g/mol. The second kappa shape index (κ2) is 31.3. The highest BCUT2D eigenvalue weighted by Gasteiger charge is 2.50. The van der Waals surface area contributed by atoms with Gasteiger partial charge >= 0.3 is 0 Å². The number of hydrogen-bond acceptors (Lipinski definition) is 14. The van der Waals surface area contributed by atoms with Crippen LogP contribution < -0.4 is 0 Å². The Labute approximate surface area is 749 Å². The molecule has 8 aromatic heterocycles. The van der Waals surface area contributed by atoms with Gasteiger partial charge in [0.15, 0.2) is 0 Å².